The summed E-state index contributed by atoms with van der Waals surface area (Å²) < 4.78 is 0. The Morgan fingerprint density at radius 1 is 1.20 bits per heavy atom. The summed E-state index contributed by atoms with van der Waals surface area (Å²) in [5.74, 6) is 0.255. The highest BCUT2D eigenvalue weighted by Crippen LogP contribution is 2.61. The zero-order chi connectivity index (χ0) is 25.2. The maximum atomic E-state index is 12.6. The number of hydrogen-bond acceptors (Lipinski definition) is 5. The van der Waals surface area contributed by atoms with Gasteiger partial charge in [-0.05, 0) is 92.2 Å². The summed E-state index contributed by atoms with van der Waals surface area (Å²) >= 11 is 0. The molecule has 8 heteroatoms. The molecule has 2 amide bonds. The van der Waals surface area contributed by atoms with Crippen LogP contribution in [0, 0.1) is 29.1 Å². The first-order valence-corrected chi connectivity index (χ1v) is 12.7. The van der Waals surface area contributed by atoms with E-state index in [0.29, 0.717) is 18.8 Å². The lowest BCUT2D eigenvalue weighted by Gasteiger charge is -2.60. The Bertz CT molecular complexity index is 974. The van der Waals surface area contributed by atoms with E-state index < -0.39 is 23.9 Å². The average Bonchev–Trinajstić information content (AvgIpc) is 2.79. The first kappa shape index (κ1) is 25.2. The fraction of sp³-hybridized carbons (Fsp3) is 0.630. The van der Waals surface area contributed by atoms with Crippen LogP contribution < -0.4 is 10.8 Å². The third-order valence-electron chi connectivity index (χ3n) is 8.54. The molecule has 3 aliphatic rings. The number of benzene rings is 1. The number of rotatable bonds is 8. The van der Waals surface area contributed by atoms with E-state index in [1.807, 2.05) is 0 Å². The van der Waals surface area contributed by atoms with E-state index >= 15 is 0 Å². The van der Waals surface area contributed by atoms with Crippen LogP contribution in [0.2, 0.25) is 0 Å². The number of carboxylic acid groups (broad SMARTS) is 1. The van der Waals surface area contributed by atoms with Crippen molar-refractivity contribution in [2.45, 2.75) is 77.2 Å². The fourth-order valence-corrected chi connectivity index (χ4v) is 7.35. The summed E-state index contributed by atoms with van der Waals surface area (Å²) in [4.78, 5) is 52.3. The molecule has 0 aliphatic heterocycles. The Hall–Kier alpha value is -2.90. The average molecular weight is 485 g/mol. The van der Waals surface area contributed by atoms with Crippen molar-refractivity contribution in [3.8, 4) is 0 Å². The molecule has 0 aromatic heterocycles. The van der Waals surface area contributed by atoms with Gasteiger partial charge in [0.1, 0.15) is 6.29 Å². The van der Waals surface area contributed by atoms with Crippen molar-refractivity contribution in [1.82, 2.24) is 10.8 Å². The Morgan fingerprint density at radius 2 is 1.94 bits per heavy atom. The largest absolute Gasteiger partial charge is 0.478 e. The predicted octanol–water partition coefficient (Wildman–Crippen LogP) is 4.28. The first-order valence-electron chi connectivity index (χ1n) is 12.7. The standard InChI is InChI=1S/C27H36N2O6/c1-17-12-26(2)13-21-14-27(16-26,10-9-22(17)21)28-25(34)35-29-23(31)8-5-19(15-30)11-18-3-6-20(7-4-18)24(32)33/h3-4,6-7,15,17,19,21-22H,5,8-14,16H2,1-2H3,(H,28,34)(H,29,31)(H,32,33). The zero-order valence-electron chi connectivity index (χ0n) is 20.5. The minimum absolute atomic E-state index is 0.0365. The van der Waals surface area contributed by atoms with Gasteiger partial charge in [0.05, 0.1) is 5.56 Å². The number of hydrogen-bond donors (Lipinski definition) is 3. The van der Waals surface area contributed by atoms with Crippen LogP contribution in [-0.2, 0) is 20.8 Å². The highest BCUT2D eigenvalue weighted by Gasteiger charge is 2.56. The zero-order valence-corrected chi connectivity index (χ0v) is 20.5. The number of aromatic carboxylic acids is 1. The monoisotopic (exact) mass is 484 g/mol. The van der Waals surface area contributed by atoms with Gasteiger partial charge in [-0.1, -0.05) is 26.0 Å². The molecule has 1 aromatic carbocycles. The minimum Gasteiger partial charge on any atom is -0.478 e. The molecule has 3 bridgehead atoms. The van der Waals surface area contributed by atoms with Gasteiger partial charge in [0.25, 0.3) is 5.91 Å². The summed E-state index contributed by atoms with van der Waals surface area (Å²) in [5.41, 5.74) is 3.21. The summed E-state index contributed by atoms with van der Waals surface area (Å²) in [6.07, 6.45) is 7.34. The molecule has 0 saturated heterocycles. The molecule has 0 radical (unpaired) electrons. The third-order valence-corrected chi connectivity index (χ3v) is 8.54. The van der Waals surface area contributed by atoms with Gasteiger partial charge >= 0.3 is 12.1 Å². The minimum atomic E-state index is -1.01. The second-order valence-corrected chi connectivity index (χ2v) is 11.5. The van der Waals surface area contributed by atoms with Gasteiger partial charge in [-0.25, -0.2) is 9.59 Å². The smallest absolute Gasteiger partial charge is 0.431 e. The van der Waals surface area contributed by atoms with Gasteiger partial charge in [-0.15, -0.1) is 0 Å². The first-order chi connectivity index (χ1) is 16.6. The van der Waals surface area contributed by atoms with E-state index in [2.05, 4.69) is 24.6 Å². The molecule has 4 rings (SSSR count). The van der Waals surface area contributed by atoms with Crippen LogP contribution in [0.4, 0.5) is 4.79 Å². The van der Waals surface area contributed by atoms with Gasteiger partial charge in [0.2, 0.25) is 0 Å². The molecule has 35 heavy (non-hydrogen) atoms. The fourth-order valence-electron chi connectivity index (χ4n) is 7.35. The van der Waals surface area contributed by atoms with E-state index in [1.165, 1.54) is 25.0 Å². The molecule has 3 aliphatic carbocycles. The molecule has 3 saturated carbocycles. The lowest BCUT2D eigenvalue weighted by molar-refractivity contribution is -0.130. The second-order valence-electron chi connectivity index (χ2n) is 11.5. The molecule has 3 N–H and O–H groups in total. The highest BCUT2D eigenvalue weighted by molar-refractivity contribution is 5.87. The van der Waals surface area contributed by atoms with Crippen LogP contribution in [0.1, 0.15) is 81.1 Å². The van der Waals surface area contributed by atoms with E-state index in [9.17, 15) is 19.2 Å². The number of fused-ring (bicyclic) bond motifs is 2. The molecule has 8 nitrogen and oxygen atoms in total. The van der Waals surface area contributed by atoms with E-state index in [0.717, 1.165) is 49.4 Å². The van der Waals surface area contributed by atoms with Gasteiger partial charge < -0.3 is 20.1 Å². The number of hydroxylamine groups is 1. The van der Waals surface area contributed by atoms with E-state index in [-0.39, 0.29) is 22.9 Å². The third kappa shape index (κ3) is 5.85. The molecular formula is C27H36N2O6. The summed E-state index contributed by atoms with van der Waals surface area (Å²) in [6.45, 7) is 4.71. The topological polar surface area (TPSA) is 122 Å². The molecular weight excluding hydrogens is 448 g/mol. The molecule has 3 fully saturated rings. The number of amides is 2. The van der Waals surface area contributed by atoms with Gasteiger partial charge in [-0.2, -0.15) is 5.48 Å². The van der Waals surface area contributed by atoms with Crippen molar-refractivity contribution < 1.29 is 29.1 Å². The van der Waals surface area contributed by atoms with Crippen LogP contribution >= 0.6 is 0 Å². The van der Waals surface area contributed by atoms with E-state index in [4.69, 9.17) is 9.94 Å². The highest BCUT2D eigenvalue weighted by atomic mass is 16.7. The number of carbonyl (C=O) groups excluding carboxylic acids is 3. The predicted molar refractivity (Wildman–Crippen MR) is 128 cm³/mol. The quantitative estimate of drug-likeness (QED) is 0.374. The lowest BCUT2D eigenvalue weighted by Crippen LogP contribution is -2.62. The van der Waals surface area contributed by atoms with Crippen LogP contribution in [0.15, 0.2) is 24.3 Å². The SMILES string of the molecule is CC1CC2(C)CC3CC(NC(=O)ONC(=O)CCC(C=O)Cc4ccc(C(=O)O)cc4)(CCC13)C2. The summed E-state index contributed by atoms with van der Waals surface area (Å²) in [7, 11) is 0. The number of aldehydes is 1. The van der Waals surface area contributed by atoms with Crippen LogP contribution in [0.25, 0.3) is 0 Å². The van der Waals surface area contributed by atoms with Crippen LogP contribution in [-0.4, -0.2) is 34.9 Å². The van der Waals surface area contributed by atoms with Gasteiger partial charge in [-0.3, -0.25) is 4.79 Å². The van der Waals surface area contributed by atoms with Crippen molar-refractivity contribution in [3.63, 3.8) is 0 Å². The molecule has 0 spiro atoms. The van der Waals surface area contributed by atoms with Gasteiger partial charge in [0, 0.05) is 17.9 Å². The Labute approximate surface area is 206 Å². The molecule has 1 aromatic rings. The summed E-state index contributed by atoms with van der Waals surface area (Å²) in [5, 5.41) is 12.1. The van der Waals surface area contributed by atoms with Crippen molar-refractivity contribution in [1.29, 1.82) is 0 Å². The number of carbonyl (C=O) groups is 4. The number of carboxylic acids is 1. The molecule has 0 heterocycles. The molecule has 6 unspecified atom stereocenters. The maximum absolute atomic E-state index is 12.6. The van der Waals surface area contributed by atoms with E-state index in [1.54, 1.807) is 12.1 Å². The lowest BCUT2D eigenvalue weighted by atomic mass is 9.47. The van der Waals surface area contributed by atoms with Gasteiger partial charge in [0.15, 0.2) is 0 Å². The van der Waals surface area contributed by atoms with Crippen LogP contribution in [0.3, 0.4) is 0 Å². The van der Waals surface area contributed by atoms with Crippen molar-refractivity contribution in [2.75, 3.05) is 0 Å². The van der Waals surface area contributed by atoms with Crippen molar-refractivity contribution >= 4 is 24.3 Å². The Morgan fingerprint density at radius 3 is 2.63 bits per heavy atom. The van der Waals surface area contributed by atoms with Crippen molar-refractivity contribution in [3.05, 3.63) is 35.4 Å². The second kappa shape index (κ2) is 9.99. The van der Waals surface area contributed by atoms with Crippen molar-refractivity contribution in [2.24, 2.45) is 29.1 Å². The molecule has 190 valence electrons. The maximum Gasteiger partial charge on any atom is 0.431 e. The van der Waals surface area contributed by atoms with Crippen LogP contribution in [0.5, 0.6) is 0 Å². The Kier molecular flexibility index (Phi) is 7.20. The summed E-state index contributed by atoms with van der Waals surface area (Å²) in [6, 6.07) is 6.32. The molecule has 6 atom stereocenters. The number of nitrogens with one attached hydrogen (secondary N) is 2. The normalized spacial score (nSPS) is 31.8. The Balaban J connectivity index is 1.22.